The minimum Gasteiger partial charge on any atom is -0.496 e. The van der Waals surface area contributed by atoms with Gasteiger partial charge in [-0.25, -0.2) is 0 Å². The molecule has 104 valence electrons. The van der Waals surface area contributed by atoms with Crippen molar-refractivity contribution in [2.24, 2.45) is 7.05 Å². The zero-order valence-electron chi connectivity index (χ0n) is 11.6. The summed E-state index contributed by atoms with van der Waals surface area (Å²) in [5.74, 6) is 0.919. The van der Waals surface area contributed by atoms with Crippen LogP contribution in [0.25, 0.3) is 0 Å². The van der Waals surface area contributed by atoms with E-state index in [2.05, 4.69) is 28.6 Å². The molecule has 1 atom stereocenters. The molecule has 0 bridgehead atoms. The minimum atomic E-state index is 0.269. The Bertz CT molecular complexity index is 508. The molecule has 0 spiro atoms. The fourth-order valence-corrected chi connectivity index (χ4v) is 2.85. The van der Waals surface area contributed by atoms with E-state index in [9.17, 15) is 0 Å². The molecule has 0 saturated carbocycles. The van der Waals surface area contributed by atoms with E-state index in [0.29, 0.717) is 0 Å². The Labute approximate surface area is 117 Å². The number of thiophene rings is 1. The maximum Gasteiger partial charge on any atom is 0.129 e. The summed E-state index contributed by atoms with van der Waals surface area (Å²) in [5.41, 5.74) is 1.00. The molecule has 0 radical (unpaired) electrons. The van der Waals surface area contributed by atoms with Crippen molar-refractivity contribution in [2.75, 3.05) is 13.7 Å². The average Bonchev–Trinajstić information content (AvgIpc) is 3.03. The smallest absolute Gasteiger partial charge is 0.129 e. The molecule has 19 heavy (non-hydrogen) atoms. The molecule has 5 nitrogen and oxygen atoms in total. The van der Waals surface area contributed by atoms with Gasteiger partial charge >= 0.3 is 0 Å². The van der Waals surface area contributed by atoms with Crippen LogP contribution >= 0.6 is 11.3 Å². The van der Waals surface area contributed by atoms with Gasteiger partial charge in [-0.3, -0.25) is 4.68 Å². The van der Waals surface area contributed by atoms with Gasteiger partial charge in [0.25, 0.3) is 0 Å². The summed E-state index contributed by atoms with van der Waals surface area (Å²) >= 11 is 1.72. The van der Waals surface area contributed by atoms with Gasteiger partial charge in [-0.15, -0.1) is 16.4 Å². The normalized spacial score (nSPS) is 12.6. The largest absolute Gasteiger partial charge is 0.496 e. The molecule has 2 heterocycles. The molecule has 6 heteroatoms. The Morgan fingerprint density at radius 1 is 1.53 bits per heavy atom. The van der Waals surface area contributed by atoms with Gasteiger partial charge in [-0.2, -0.15) is 0 Å². The number of methoxy groups -OCH3 is 1. The van der Waals surface area contributed by atoms with Crippen LogP contribution in [0.15, 0.2) is 17.6 Å². The maximum absolute atomic E-state index is 5.25. The molecule has 0 amide bonds. The number of rotatable bonds is 7. The summed E-state index contributed by atoms with van der Waals surface area (Å²) in [5, 5.41) is 13.7. The first-order chi connectivity index (χ1) is 9.22. The predicted octanol–water partition coefficient (Wildman–Crippen LogP) is 2.17. The molecule has 1 N–H and O–H groups in total. The Balaban J connectivity index is 2.10. The maximum atomic E-state index is 5.25. The van der Waals surface area contributed by atoms with Crippen molar-refractivity contribution in [1.82, 2.24) is 20.3 Å². The van der Waals surface area contributed by atoms with Crippen LogP contribution < -0.4 is 10.1 Å². The first-order valence-electron chi connectivity index (χ1n) is 6.44. The lowest BCUT2D eigenvalue weighted by Crippen LogP contribution is -2.23. The van der Waals surface area contributed by atoms with Crippen LogP contribution in [0, 0.1) is 0 Å². The van der Waals surface area contributed by atoms with E-state index in [1.54, 1.807) is 23.1 Å². The van der Waals surface area contributed by atoms with Crippen LogP contribution in [0.3, 0.4) is 0 Å². The summed E-state index contributed by atoms with van der Waals surface area (Å²) in [6, 6.07) is 2.36. The molecule has 0 aliphatic heterocycles. The van der Waals surface area contributed by atoms with Crippen molar-refractivity contribution in [1.29, 1.82) is 0 Å². The Hall–Kier alpha value is -1.40. The summed E-state index contributed by atoms with van der Waals surface area (Å²) in [7, 11) is 3.59. The molecule has 2 rings (SSSR count). The molecule has 0 aliphatic carbocycles. The van der Waals surface area contributed by atoms with Crippen molar-refractivity contribution < 1.29 is 4.74 Å². The average molecular weight is 280 g/mol. The zero-order chi connectivity index (χ0) is 13.7. The molecule has 0 aliphatic rings. The second kappa shape index (κ2) is 6.68. The van der Waals surface area contributed by atoms with Crippen molar-refractivity contribution in [2.45, 2.75) is 25.8 Å². The fraction of sp³-hybridized carbons (Fsp3) is 0.538. The number of hydrogen-bond acceptors (Lipinski definition) is 5. The second-order valence-corrected chi connectivity index (χ2v) is 5.43. The van der Waals surface area contributed by atoms with Gasteiger partial charge in [0.05, 0.1) is 12.8 Å². The number of hydrogen-bond donors (Lipinski definition) is 1. The van der Waals surface area contributed by atoms with Crippen LogP contribution in [-0.4, -0.2) is 28.6 Å². The van der Waals surface area contributed by atoms with Gasteiger partial charge < -0.3 is 10.1 Å². The van der Waals surface area contributed by atoms with E-state index in [1.165, 1.54) is 4.88 Å². The van der Waals surface area contributed by atoms with Gasteiger partial charge in [0, 0.05) is 36.0 Å². The number of nitrogens with zero attached hydrogens (tertiary/aromatic N) is 3. The van der Waals surface area contributed by atoms with Crippen LogP contribution in [0.2, 0.25) is 0 Å². The fourth-order valence-electron chi connectivity index (χ4n) is 1.91. The van der Waals surface area contributed by atoms with E-state index in [1.807, 2.05) is 18.6 Å². The molecular formula is C13H20N4OS. The molecular weight excluding hydrogens is 260 g/mol. The lowest BCUT2D eigenvalue weighted by molar-refractivity contribution is 0.415. The van der Waals surface area contributed by atoms with E-state index < -0.39 is 0 Å². The quantitative estimate of drug-likeness (QED) is 0.844. The third-order valence-corrected chi connectivity index (χ3v) is 3.90. The summed E-state index contributed by atoms with van der Waals surface area (Å²) in [6.45, 7) is 3.16. The highest BCUT2D eigenvalue weighted by Gasteiger charge is 2.16. The number of aryl methyl sites for hydroxylation is 1. The Kier molecular flexibility index (Phi) is 4.93. The zero-order valence-corrected chi connectivity index (χ0v) is 12.4. The molecule has 0 fully saturated rings. The second-order valence-electron chi connectivity index (χ2n) is 4.48. The number of nitrogens with one attached hydrogen (secondary N) is 1. The van der Waals surface area contributed by atoms with Gasteiger partial charge in [0.2, 0.25) is 0 Å². The first-order valence-corrected chi connectivity index (χ1v) is 7.32. The topological polar surface area (TPSA) is 52.0 Å². The summed E-state index contributed by atoms with van der Waals surface area (Å²) in [6.07, 6.45) is 3.92. The molecule has 0 saturated heterocycles. The third kappa shape index (κ3) is 3.78. The van der Waals surface area contributed by atoms with Gasteiger partial charge in [0.15, 0.2) is 0 Å². The van der Waals surface area contributed by atoms with Crippen LogP contribution in [0.4, 0.5) is 0 Å². The number of ether oxygens (including phenoxy) is 1. The van der Waals surface area contributed by atoms with Gasteiger partial charge in [-0.1, -0.05) is 12.1 Å². The highest BCUT2D eigenvalue weighted by atomic mass is 32.1. The van der Waals surface area contributed by atoms with E-state index in [-0.39, 0.29) is 6.04 Å². The van der Waals surface area contributed by atoms with Crippen molar-refractivity contribution in [3.05, 3.63) is 28.2 Å². The SMILES string of the molecule is CCCNC(Cc1cn(C)nn1)c1cc(OC)cs1. The molecule has 2 aromatic heterocycles. The molecule has 0 aromatic carbocycles. The van der Waals surface area contributed by atoms with E-state index in [4.69, 9.17) is 4.74 Å². The first kappa shape index (κ1) is 14.0. The van der Waals surface area contributed by atoms with Crippen molar-refractivity contribution in [3.63, 3.8) is 0 Å². The summed E-state index contributed by atoms with van der Waals surface area (Å²) < 4.78 is 6.99. The van der Waals surface area contributed by atoms with E-state index in [0.717, 1.165) is 30.8 Å². The third-order valence-electron chi connectivity index (χ3n) is 2.88. The van der Waals surface area contributed by atoms with Crippen molar-refractivity contribution in [3.8, 4) is 5.75 Å². The van der Waals surface area contributed by atoms with Crippen LogP contribution in [0.1, 0.15) is 30.0 Å². The van der Waals surface area contributed by atoms with E-state index >= 15 is 0 Å². The molecule has 1 unspecified atom stereocenters. The highest BCUT2D eigenvalue weighted by Crippen LogP contribution is 2.28. The summed E-state index contributed by atoms with van der Waals surface area (Å²) in [4.78, 5) is 1.27. The number of aromatic nitrogens is 3. The lowest BCUT2D eigenvalue weighted by Gasteiger charge is -2.15. The predicted molar refractivity (Wildman–Crippen MR) is 76.6 cm³/mol. The van der Waals surface area contributed by atoms with Gasteiger partial charge in [-0.05, 0) is 19.0 Å². The standard InChI is InChI=1S/C13H20N4OS/c1-4-5-14-12(6-10-8-17(2)16-15-10)13-7-11(18-3)9-19-13/h7-9,12,14H,4-6H2,1-3H3. The monoisotopic (exact) mass is 280 g/mol. The van der Waals surface area contributed by atoms with Crippen LogP contribution in [0.5, 0.6) is 5.75 Å². The van der Waals surface area contributed by atoms with Crippen molar-refractivity contribution >= 4 is 11.3 Å². The molecule has 2 aromatic rings. The highest BCUT2D eigenvalue weighted by molar-refractivity contribution is 7.10. The van der Waals surface area contributed by atoms with Crippen LogP contribution in [-0.2, 0) is 13.5 Å². The lowest BCUT2D eigenvalue weighted by atomic mass is 10.1. The Morgan fingerprint density at radius 2 is 2.37 bits per heavy atom. The Morgan fingerprint density at radius 3 is 2.95 bits per heavy atom. The minimum absolute atomic E-state index is 0.269. The van der Waals surface area contributed by atoms with Gasteiger partial charge in [0.1, 0.15) is 5.75 Å².